The van der Waals surface area contributed by atoms with Crippen LogP contribution < -0.4 is 0 Å². The molecule has 0 radical (unpaired) electrons. The summed E-state index contributed by atoms with van der Waals surface area (Å²) >= 11 is 1.15. The quantitative estimate of drug-likeness (QED) is 0.215. The highest BCUT2D eigenvalue weighted by atomic mass is 32.2. The molecular weight excluding hydrogens is 389 g/mol. The van der Waals surface area contributed by atoms with Crippen molar-refractivity contribution in [3.05, 3.63) is 0 Å². The predicted octanol–water partition coefficient (Wildman–Crippen LogP) is 6.23. The average molecular weight is 414 g/mol. The topological polar surface area (TPSA) is 26.3 Å². The fourth-order valence-electron chi connectivity index (χ4n) is 2.01. The number of alkyl halides is 7. The van der Waals surface area contributed by atoms with Gasteiger partial charge in [0.2, 0.25) is 0 Å². The third-order valence-corrected chi connectivity index (χ3v) is 4.81. The molecule has 1 atom stereocenters. The number of esters is 1. The Hall–Kier alpha value is -0.670. The van der Waals surface area contributed by atoms with E-state index in [9.17, 15) is 35.5 Å². The first-order chi connectivity index (χ1) is 11.8. The maximum absolute atomic E-state index is 13.2. The summed E-state index contributed by atoms with van der Waals surface area (Å²) in [6.07, 6.45) is -6.58. The molecule has 1 unspecified atom stereocenters. The summed E-state index contributed by atoms with van der Waals surface area (Å²) in [4.78, 5) is 11.9. The van der Waals surface area contributed by atoms with Gasteiger partial charge in [0.25, 0.3) is 0 Å². The van der Waals surface area contributed by atoms with Crippen LogP contribution in [0.4, 0.5) is 30.7 Å². The summed E-state index contributed by atoms with van der Waals surface area (Å²) in [6, 6.07) is 0. The Morgan fingerprint density at radius 3 is 2.04 bits per heavy atom. The zero-order chi connectivity index (χ0) is 20.6. The van der Waals surface area contributed by atoms with Crippen LogP contribution in [0.25, 0.3) is 0 Å². The van der Waals surface area contributed by atoms with Crippen LogP contribution in [0.15, 0.2) is 0 Å². The van der Waals surface area contributed by atoms with E-state index in [4.69, 9.17) is 4.74 Å². The molecule has 26 heavy (non-hydrogen) atoms. The monoisotopic (exact) mass is 414 g/mol. The van der Waals surface area contributed by atoms with Crippen LogP contribution in [0.3, 0.4) is 0 Å². The summed E-state index contributed by atoms with van der Waals surface area (Å²) in [5.41, 5.74) is 0. The van der Waals surface area contributed by atoms with E-state index in [2.05, 4.69) is 0 Å². The van der Waals surface area contributed by atoms with E-state index in [1.807, 2.05) is 6.92 Å². The van der Waals surface area contributed by atoms with Gasteiger partial charge >= 0.3 is 24.0 Å². The van der Waals surface area contributed by atoms with Crippen molar-refractivity contribution in [2.24, 2.45) is 0 Å². The molecule has 0 N–H and O–H groups in total. The van der Waals surface area contributed by atoms with Crippen molar-refractivity contribution in [1.29, 1.82) is 0 Å². The number of thioether (sulfide) groups is 1. The van der Waals surface area contributed by atoms with Crippen LogP contribution in [0.1, 0.15) is 59.3 Å². The highest BCUT2D eigenvalue weighted by Crippen LogP contribution is 2.48. The number of ether oxygens (including phenoxy) is 1. The van der Waals surface area contributed by atoms with Gasteiger partial charge in [-0.1, -0.05) is 19.8 Å². The Morgan fingerprint density at radius 2 is 1.58 bits per heavy atom. The van der Waals surface area contributed by atoms with Crippen LogP contribution in [0.2, 0.25) is 0 Å². The van der Waals surface area contributed by atoms with Gasteiger partial charge in [-0.15, -0.1) is 11.8 Å². The minimum atomic E-state index is -6.29. The Kier molecular flexibility index (Phi) is 10.3. The van der Waals surface area contributed by atoms with E-state index in [0.717, 1.165) is 24.6 Å². The molecule has 0 aliphatic heterocycles. The van der Waals surface area contributed by atoms with Gasteiger partial charge in [-0.05, 0) is 38.9 Å². The smallest absolute Gasteiger partial charge is 0.459 e. The molecule has 0 bridgehead atoms. The molecule has 0 aliphatic carbocycles. The molecule has 2 nitrogen and oxygen atoms in total. The second-order valence-corrected chi connectivity index (χ2v) is 7.53. The lowest BCUT2D eigenvalue weighted by atomic mass is 10.0. The van der Waals surface area contributed by atoms with E-state index in [-0.39, 0.29) is 18.3 Å². The first-order valence-corrected chi connectivity index (χ1v) is 9.45. The normalized spacial score (nSPS) is 14.6. The molecule has 0 aromatic rings. The van der Waals surface area contributed by atoms with Crippen LogP contribution >= 0.6 is 11.8 Å². The summed E-state index contributed by atoms with van der Waals surface area (Å²) in [7, 11) is 0. The molecule has 0 aromatic carbocycles. The zero-order valence-corrected chi connectivity index (χ0v) is 15.8. The summed E-state index contributed by atoms with van der Waals surface area (Å²) < 4.78 is 93.1. The summed E-state index contributed by atoms with van der Waals surface area (Å²) in [5, 5.41) is -0.505. The lowest BCUT2D eigenvalue weighted by molar-refractivity contribution is -0.355. The van der Waals surface area contributed by atoms with Crippen LogP contribution in [0, 0.1) is 0 Å². The van der Waals surface area contributed by atoms with Crippen molar-refractivity contribution in [1.82, 2.24) is 0 Å². The van der Waals surface area contributed by atoms with Crippen molar-refractivity contribution < 1.29 is 40.3 Å². The molecule has 0 spiro atoms. The second kappa shape index (κ2) is 10.6. The van der Waals surface area contributed by atoms with E-state index in [1.165, 1.54) is 0 Å². The first-order valence-electron chi connectivity index (χ1n) is 8.40. The molecule has 0 aromatic heterocycles. The lowest BCUT2D eigenvalue weighted by Crippen LogP contribution is -2.51. The number of hydrogen-bond acceptors (Lipinski definition) is 3. The van der Waals surface area contributed by atoms with E-state index >= 15 is 0 Å². The van der Waals surface area contributed by atoms with Gasteiger partial charge in [-0.2, -0.15) is 30.7 Å². The molecule has 0 saturated carbocycles. The Bertz CT molecular complexity index is 425. The first kappa shape index (κ1) is 25.3. The van der Waals surface area contributed by atoms with E-state index in [1.54, 1.807) is 13.8 Å². The average Bonchev–Trinajstić information content (AvgIpc) is 2.47. The Morgan fingerprint density at radius 1 is 1.00 bits per heavy atom. The van der Waals surface area contributed by atoms with Gasteiger partial charge in [0.05, 0.1) is 6.10 Å². The molecule has 0 saturated heterocycles. The maximum atomic E-state index is 13.2. The second-order valence-electron chi connectivity index (χ2n) is 6.22. The van der Waals surface area contributed by atoms with Gasteiger partial charge in [-0.25, -0.2) is 0 Å². The molecule has 0 fully saturated rings. The number of unbranched alkanes of at least 4 members (excludes halogenated alkanes) is 2. The van der Waals surface area contributed by atoms with Gasteiger partial charge in [0.15, 0.2) is 0 Å². The van der Waals surface area contributed by atoms with Crippen molar-refractivity contribution >= 4 is 17.7 Å². The number of carbonyl (C=O) groups is 1. The largest absolute Gasteiger partial charge is 0.462 e. The van der Waals surface area contributed by atoms with Crippen molar-refractivity contribution in [2.75, 3.05) is 5.75 Å². The summed E-state index contributed by atoms with van der Waals surface area (Å²) in [5.74, 6) is -11.5. The highest BCUT2D eigenvalue weighted by Gasteiger charge is 2.72. The predicted molar refractivity (Wildman–Crippen MR) is 86.8 cm³/mol. The maximum Gasteiger partial charge on any atom is 0.459 e. The number of hydrogen-bond donors (Lipinski definition) is 0. The fourth-order valence-corrected chi connectivity index (χ4v) is 3.19. The molecular formula is C16H25F7O2S. The van der Waals surface area contributed by atoms with Crippen LogP contribution in [0.5, 0.6) is 0 Å². The molecule has 0 heterocycles. The third-order valence-electron chi connectivity index (χ3n) is 3.45. The molecule has 0 amide bonds. The zero-order valence-electron chi connectivity index (χ0n) is 15.0. The molecule has 156 valence electrons. The summed E-state index contributed by atoms with van der Waals surface area (Å²) in [6.45, 7) is 5.29. The fraction of sp³-hybridized carbons (Fsp3) is 0.938. The number of halogens is 7. The molecule has 10 heteroatoms. The van der Waals surface area contributed by atoms with Crippen LogP contribution in [-0.2, 0) is 9.53 Å². The van der Waals surface area contributed by atoms with Crippen molar-refractivity contribution in [2.45, 2.75) is 88.7 Å². The molecule has 0 rings (SSSR count). The molecule has 0 aliphatic rings. The van der Waals surface area contributed by atoms with E-state index in [0.29, 0.717) is 6.42 Å². The van der Waals surface area contributed by atoms with Gasteiger partial charge in [0, 0.05) is 6.42 Å². The highest BCUT2D eigenvalue weighted by molar-refractivity contribution is 8.00. The van der Waals surface area contributed by atoms with Crippen molar-refractivity contribution in [3.8, 4) is 0 Å². The lowest BCUT2D eigenvalue weighted by Gasteiger charge is -2.28. The van der Waals surface area contributed by atoms with Gasteiger partial charge < -0.3 is 4.74 Å². The Balaban J connectivity index is 4.46. The SMILES string of the molecule is CCCCC(SCCCCC(F)(F)C(F)(F)C(F)(F)F)C(=O)OC(C)C. The minimum Gasteiger partial charge on any atom is -0.462 e. The van der Waals surface area contributed by atoms with Gasteiger partial charge in [-0.3, -0.25) is 4.79 Å². The Labute approximate surface area is 153 Å². The number of carbonyl (C=O) groups excluding carboxylic acids is 1. The van der Waals surface area contributed by atoms with Gasteiger partial charge in [0.1, 0.15) is 5.25 Å². The minimum absolute atomic E-state index is 0.00816. The van der Waals surface area contributed by atoms with Crippen molar-refractivity contribution in [3.63, 3.8) is 0 Å². The third kappa shape index (κ3) is 7.92. The standard InChI is InChI=1S/C16H25F7O2S/c1-4-5-8-12(13(24)25-11(2)3)26-10-7-6-9-14(17,18)15(19,20)16(21,22)23/h11-12H,4-10H2,1-3H3. The van der Waals surface area contributed by atoms with E-state index < -0.39 is 42.1 Å². The number of rotatable bonds is 12. The van der Waals surface area contributed by atoms with Crippen LogP contribution in [-0.4, -0.2) is 41.1 Å².